The van der Waals surface area contributed by atoms with E-state index < -0.39 is 23.5 Å². The van der Waals surface area contributed by atoms with Crippen LogP contribution in [-0.2, 0) is 11.0 Å². The third kappa shape index (κ3) is 5.61. The number of oxazole rings is 1. The van der Waals surface area contributed by atoms with Crippen LogP contribution in [0.3, 0.4) is 0 Å². The van der Waals surface area contributed by atoms with Crippen molar-refractivity contribution in [1.29, 1.82) is 0 Å². The van der Waals surface area contributed by atoms with Gasteiger partial charge in [-0.05, 0) is 43.5 Å². The van der Waals surface area contributed by atoms with Gasteiger partial charge in [0.1, 0.15) is 5.82 Å². The van der Waals surface area contributed by atoms with Crippen molar-refractivity contribution < 1.29 is 27.2 Å². The fraction of sp³-hybridized carbons (Fsp3) is 0.333. The highest BCUT2D eigenvalue weighted by molar-refractivity contribution is 6.04. The Kier molecular flexibility index (Phi) is 6.77. The number of amides is 2. The number of hydrogen-bond acceptors (Lipinski definition) is 6. The molecule has 1 aliphatic rings. The molecule has 8 nitrogen and oxygen atoms in total. The molecule has 2 amide bonds. The van der Waals surface area contributed by atoms with Crippen molar-refractivity contribution in [2.45, 2.75) is 31.5 Å². The van der Waals surface area contributed by atoms with Gasteiger partial charge in [0.25, 0.3) is 5.91 Å². The molecule has 2 aromatic heterocycles. The quantitative estimate of drug-likeness (QED) is 0.524. The number of carbonyl (C=O) groups excluding carboxylic acids is 2. The summed E-state index contributed by atoms with van der Waals surface area (Å²) in [6.07, 6.45) is -1.27. The molecule has 4 rings (SSSR count). The number of aromatic nitrogens is 2. The van der Waals surface area contributed by atoms with E-state index in [4.69, 9.17) is 4.42 Å². The largest absolute Gasteiger partial charge is 0.452 e. The molecule has 0 spiro atoms. The van der Waals surface area contributed by atoms with Crippen LogP contribution in [0.25, 0.3) is 11.5 Å². The minimum atomic E-state index is -4.90. The SMILES string of the molecule is CN(C)C(=O)[C@H]1CC[C@H](Nc2ccc(NC(=O)c3nc(-c4ccccc4)oc3C(F)(F)F)cn2)C1. The van der Waals surface area contributed by atoms with E-state index in [9.17, 15) is 22.8 Å². The Morgan fingerprint density at radius 3 is 2.46 bits per heavy atom. The summed E-state index contributed by atoms with van der Waals surface area (Å²) >= 11 is 0. The number of hydrogen-bond donors (Lipinski definition) is 2. The Morgan fingerprint density at radius 1 is 1.09 bits per heavy atom. The fourth-order valence-electron chi connectivity index (χ4n) is 4.03. The highest BCUT2D eigenvalue weighted by Gasteiger charge is 2.42. The van der Waals surface area contributed by atoms with Gasteiger partial charge in [0.05, 0.1) is 11.9 Å². The normalized spacial score (nSPS) is 17.7. The zero-order valence-corrected chi connectivity index (χ0v) is 19.1. The molecule has 2 N–H and O–H groups in total. The maximum absolute atomic E-state index is 13.5. The molecular weight excluding hydrogens is 463 g/mol. The third-order valence-electron chi connectivity index (χ3n) is 5.72. The van der Waals surface area contributed by atoms with Gasteiger partial charge in [-0.2, -0.15) is 13.2 Å². The van der Waals surface area contributed by atoms with Crippen LogP contribution in [0, 0.1) is 5.92 Å². The number of nitrogens with one attached hydrogen (secondary N) is 2. The molecule has 2 heterocycles. The molecule has 35 heavy (non-hydrogen) atoms. The summed E-state index contributed by atoms with van der Waals surface area (Å²) in [4.78, 5) is 34.4. The summed E-state index contributed by atoms with van der Waals surface area (Å²) in [6, 6.07) is 11.2. The number of carbonyl (C=O) groups is 2. The third-order valence-corrected chi connectivity index (χ3v) is 5.72. The van der Waals surface area contributed by atoms with Crippen LogP contribution in [-0.4, -0.2) is 46.8 Å². The second kappa shape index (κ2) is 9.77. The minimum absolute atomic E-state index is 0.0351. The Balaban J connectivity index is 1.43. The number of benzene rings is 1. The Morgan fingerprint density at radius 2 is 1.83 bits per heavy atom. The topological polar surface area (TPSA) is 100 Å². The molecule has 0 bridgehead atoms. The van der Waals surface area contributed by atoms with Crippen molar-refractivity contribution in [2.75, 3.05) is 24.7 Å². The maximum atomic E-state index is 13.5. The molecule has 0 aliphatic heterocycles. The second-order valence-electron chi connectivity index (χ2n) is 8.53. The molecule has 184 valence electrons. The molecule has 0 unspecified atom stereocenters. The molecule has 0 saturated heterocycles. The van der Waals surface area contributed by atoms with E-state index in [-0.39, 0.29) is 29.4 Å². The molecule has 0 radical (unpaired) electrons. The molecule has 1 saturated carbocycles. The van der Waals surface area contributed by atoms with E-state index in [0.29, 0.717) is 17.8 Å². The summed E-state index contributed by atoms with van der Waals surface area (Å²) in [5, 5.41) is 5.65. The van der Waals surface area contributed by atoms with Crippen LogP contribution in [0.15, 0.2) is 53.1 Å². The first-order valence-electron chi connectivity index (χ1n) is 11.0. The van der Waals surface area contributed by atoms with Crippen LogP contribution in [0.5, 0.6) is 0 Å². The van der Waals surface area contributed by atoms with Gasteiger partial charge in [0, 0.05) is 31.6 Å². The van der Waals surface area contributed by atoms with Crippen molar-refractivity contribution in [2.24, 2.45) is 5.92 Å². The average molecular weight is 487 g/mol. The van der Waals surface area contributed by atoms with Crippen molar-refractivity contribution in [3.8, 4) is 11.5 Å². The molecular formula is C24H24F3N5O3. The molecule has 1 fully saturated rings. The van der Waals surface area contributed by atoms with Gasteiger partial charge in [-0.15, -0.1) is 0 Å². The van der Waals surface area contributed by atoms with Gasteiger partial charge in [-0.25, -0.2) is 9.97 Å². The molecule has 1 aliphatic carbocycles. The molecule has 11 heteroatoms. The number of anilines is 2. The van der Waals surface area contributed by atoms with Crippen LogP contribution in [0.4, 0.5) is 24.7 Å². The number of alkyl halides is 3. The second-order valence-corrected chi connectivity index (χ2v) is 8.53. The van der Waals surface area contributed by atoms with E-state index in [1.54, 1.807) is 43.3 Å². The van der Waals surface area contributed by atoms with Crippen molar-refractivity contribution in [1.82, 2.24) is 14.9 Å². The highest BCUT2D eigenvalue weighted by Crippen LogP contribution is 2.35. The molecule has 1 aromatic carbocycles. The summed E-state index contributed by atoms with van der Waals surface area (Å²) in [5.41, 5.74) is -0.346. The first kappa shape index (κ1) is 24.2. The predicted octanol–water partition coefficient (Wildman–Crippen LogP) is 4.68. The number of nitrogens with zero attached hydrogens (tertiary/aromatic N) is 3. The maximum Gasteiger partial charge on any atom is 0.452 e. The molecule has 2 atom stereocenters. The predicted molar refractivity (Wildman–Crippen MR) is 123 cm³/mol. The monoisotopic (exact) mass is 487 g/mol. The smallest absolute Gasteiger partial charge is 0.431 e. The average Bonchev–Trinajstić information content (AvgIpc) is 3.48. The van der Waals surface area contributed by atoms with Crippen LogP contribution < -0.4 is 10.6 Å². The van der Waals surface area contributed by atoms with Gasteiger partial charge >= 0.3 is 6.18 Å². The lowest BCUT2D eigenvalue weighted by Gasteiger charge is -2.17. The minimum Gasteiger partial charge on any atom is -0.431 e. The zero-order valence-electron chi connectivity index (χ0n) is 19.1. The van der Waals surface area contributed by atoms with E-state index >= 15 is 0 Å². The summed E-state index contributed by atoms with van der Waals surface area (Å²) < 4.78 is 45.4. The van der Waals surface area contributed by atoms with E-state index in [0.717, 1.165) is 12.8 Å². The van der Waals surface area contributed by atoms with Crippen LogP contribution in [0.1, 0.15) is 35.5 Å². The molecule has 3 aromatic rings. The van der Waals surface area contributed by atoms with Crippen molar-refractivity contribution >= 4 is 23.3 Å². The number of rotatable bonds is 6. The Hall–Kier alpha value is -3.89. The van der Waals surface area contributed by atoms with Gasteiger partial charge in [0.2, 0.25) is 17.6 Å². The number of pyridine rings is 1. The first-order valence-corrected chi connectivity index (χ1v) is 11.0. The summed E-state index contributed by atoms with van der Waals surface area (Å²) in [7, 11) is 3.47. The van der Waals surface area contributed by atoms with Gasteiger partial charge in [-0.3, -0.25) is 9.59 Å². The zero-order chi connectivity index (χ0) is 25.2. The summed E-state index contributed by atoms with van der Waals surface area (Å²) in [6.45, 7) is 0. The lowest BCUT2D eigenvalue weighted by Crippen LogP contribution is -2.29. The Bertz CT molecular complexity index is 1190. The highest BCUT2D eigenvalue weighted by atomic mass is 19.4. The summed E-state index contributed by atoms with van der Waals surface area (Å²) in [5.74, 6) is -2.23. The Labute approximate surface area is 199 Å². The van der Waals surface area contributed by atoms with Crippen LogP contribution in [0.2, 0.25) is 0 Å². The standard InChI is InChI=1S/C24H24F3N5O3/c1-32(2)23(34)15-8-9-16(12-15)29-18-11-10-17(13-28-18)30-21(33)19-20(24(25,26)27)35-22(31-19)14-6-4-3-5-7-14/h3-7,10-11,13,15-16H,8-9,12H2,1-2H3,(H,28,29)(H,30,33)/t15-,16-/m0/s1. The van der Waals surface area contributed by atoms with E-state index in [1.165, 1.54) is 24.4 Å². The van der Waals surface area contributed by atoms with E-state index in [2.05, 4.69) is 20.6 Å². The van der Waals surface area contributed by atoms with Crippen molar-refractivity contribution in [3.63, 3.8) is 0 Å². The van der Waals surface area contributed by atoms with Crippen molar-refractivity contribution in [3.05, 3.63) is 60.1 Å². The first-order chi connectivity index (χ1) is 16.6. The lowest BCUT2D eigenvalue weighted by atomic mass is 10.1. The fourth-order valence-corrected chi connectivity index (χ4v) is 4.03. The van der Waals surface area contributed by atoms with Gasteiger partial charge in [0.15, 0.2) is 5.69 Å². The van der Waals surface area contributed by atoms with Gasteiger partial charge < -0.3 is 20.0 Å². The van der Waals surface area contributed by atoms with Gasteiger partial charge in [-0.1, -0.05) is 18.2 Å². The van der Waals surface area contributed by atoms with E-state index in [1.807, 2.05) is 0 Å². The lowest BCUT2D eigenvalue weighted by molar-refractivity contribution is -0.153. The number of halogens is 3. The van der Waals surface area contributed by atoms with Crippen LogP contribution >= 0.6 is 0 Å².